The van der Waals surface area contributed by atoms with Crippen molar-refractivity contribution in [2.24, 2.45) is 17.8 Å². The van der Waals surface area contributed by atoms with E-state index in [1.807, 2.05) is 6.08 Å². The molecule has 3 saturated heterocycles. The van der Waals surface area contributed by atoms with E-state index in [-0.39, 0.29) is 5.92 Å². The summed E-state index contributed by atoms with van der Waals surface area (Å²) in [4.78, 5) is 2.48. The first kappa shape index (κ1) is 10.5. The summed E-state index contributed by atoms with van der Waals surface area (Å²) >= 11 is 0. The number of allylic oxidation sites excluding steroid dienone is 1. The maximum absolute atomic E-state index is 9.16. The molecule has 3 heteroatoms. The summed E-state index contributed by atoms with van der Waals surface area (Å²) in [6.45, 7) is 3.55. The third-order valence-corrected chi connectivity index (χ3v) is 3.74. The molecule has 0 spiro atoms. The normalized spacial score (nSPS) is 36.4. The highest BCUT2D eigenvalue weighted by Crippen LogP contribution is 2.36. The van der Waals surface area contributed by atoms with Crippen molar-refractivity contribution in [3.8, 4) is 6.07 Å². The Morgan fingerprint density at radius 2 is 2.20 bits per heavy atom. The molecule has 82 valence electrons. The second-order valence-electron chi connectivity index (χ2n) is 4.52. The summed E-state index contributed by atoms with van der Waals surface area (Å²) in [6.07, 6.45) is 6.09. The standard InChI is InChI=1S/C12H18N2O/c1-15-7-4-11(8-13)12-9-14-5-2-10(12)3-6-14/h4,7,10-12H,2-3,5-6,9H2,1H3/b7-4-/t11-,12?/m1/s1. The Balaban J connectivity index is 2.03. The molecule has 0 N–H and O–H groups in total. The maximum Gasteiger partial charge on any atom is 0.0797 e. The average molecular weight is 206 g/mol. The van der Waals surface area contributed by atoms with Crippen LogP contribution in [0.1, 0.15) is 12.8 Å². The summed E-state index contributed by atoms with van der Waals surface area (Å²) in [5.74, 6) is 1.29. The van der Waals surface area contributed by atoms with Gasteiger partial charge in [-0.1, -0.05) is 0 Å². The minimum Gasteiger partial charge on any atom is -0.505 e. The van der Waals surface area contributed by atoms with Crippen LogP contribution in [0.5, 0.6) is 0 Å². The van der Waals surface area contributed by atoms with E-state index in [1.165, 1.54) is 25.9 Å². The summed E-state index contributed by atoms with van der Waals surface area (Å²) in [5.41, 5.74) is 0. The van der Waals surface area contributed by atoms with E-state index in [4.69, 9.17) is 10.00 Å². The van der Waals surface area contributed by atoms with Crippen LogP contribution in [0, 0.1) is 29.1 Å². The minimum absolute atomic E-state index is 0.0260. The van der Waals surface area contributed by atoms with Crippen molar-refractivity contribution >= 4 is 0 Å². The average Bonchev–Trinajstić information content (AvgIpc) is 2.32. The van der Waals surface area contributed by atoms with Gasteiger partial charge in [0.15, 0.2) is 0 Å². The van der Waals surface area contributed by atoms with Crippen molar-refractivity contribution in [2.75, 3.05) is 26.7 Å². The van der Waals surface area contributed by atoms with Gasteiger partial charge in [0.25, 0.3) is 0 Å². The molecule has 1 unspecified atom stereocenters. The Bertz CT molecular complexity index is 274. The fraction of sp³-hybridized carbons (Fsp3) is 0.750. The van der Waals surface area contributed by atoms with Gasteiger partial charge in [-0.05, 0) is 43.8 Å². The summed E-state index contributed by atoms with van der Waals surface area (Å²) < 4.78 is 4.90. The van der Waals surface area contributed by atoms with Crippen molar-refractivity contribution in [3.05, 3.63) is 12.3 Å². The third-order valence-electron chi connectivity index (χ3n) is 3.74. The van der Waals surface area contributed by atoms with Gasteiger partial charge < -0.3 is 9.64 Å². The van der Waals surface area contributed by atoms with Crippen LogP contribution in [-0.2, 0) is 4.74 Å². The molecule has 2 bridgehead atoms. The fourth-order valence-corrected chi connectivity index (χ4v) is 2.86. The molecule has 0 aromatic heterocycles. The number of methoxy groups -OCH3 is 1. The van der Waals surface area contributed by atoms with Crippen LogP contribution in [0.25, 0.3) is 0 Å². The van der Waals surface area contributed by atoms with Crippen LogP contribution < -0.4 is 0 Å². The predicted molar refractivity (Wildman–Crippen MR) is 57.9 cm³/mol. The summed E-state index contributed by atoms with van der Waals surface area (Å²) in [7, 11) is 1.63. The third kappa shape index (κ3) is 2.15. The zero-order valence-electron chi connectivity index (χ0n) is 9.22. The molecule has 3 fully saturated rings. The summed E-state index contributed by atoms with van der Waals surface area (Å²) in [6, 6.07) is 2.40. The Morgan fingerprint density at radius 3 is 2.67 bits per heavy atom. The smallest absolute Gasteiger partial charge is 0.0797 e. The van der Waals surface area contributed by atoms with Crippen LogP contribution in [0.4, 0.5) is 0 Å². The van der Waals surface area contributed by atoms with E-state index in [1.54, 1.807) is 13.4 Å². The number of hydrogen-bond donors (Lipinski definition) is 0. The number of nitrogens with zero attached hydrogens (tertiary/aromatic N) is 2. The molecular formula is C12H18N2O. The Kier molecular flexibility index (Phi) is 3.27. The van der Waals surface area contributed by atoms with E-state index >= 15 is 0 Å². The zero-order valence-corrected chi connectivity index (χ0v) is 9.22. The molecule has 0 amide bonds. The summed E-state index contributed by atoms with van der Waals surface area (Å²) in [5, 5.41) is 9.16. The lowest BCUT2D eigenvalue weighted by Crippen LogP contribution is -2.49. The molecule has 2 atom stereocenters. The first-order valence-electron chi connectivity index (χ1n) is 5.66. The Hall–Kier alpha value is -1.01. The zero-order chi connectivity index (χ0) is 10.7. The van der Waals surface area contributed by atoms with Crippen molar-refractivity contribution in [1.82, 2.24) is 4.90 Å². The van der Waals surface area contributed by atoms with Gasteiger partial charge in [-0.25, -0.2) is 0 Å². The Labute approximate surface area is 91.3 Å². The monoisotopic (exact) mass is 206 g/mol. The lowest BCUT2D eigenvalue weighted by Gasteiger charge is -2.45. The molecule has 3 aliphatic heterocycles. The molecule has 15 heavy (non-hydrogen) atoms. The molecule has 0 aliphatic carbocycles. The van der Waals surface area contributed by atoms with Gasteiger partial charge in [-0.15, -0.1) is 0 Å². The number of nitriles is 1. The van der Waals surface area contributed by atoms with E-state index in [9.17, 15) is 0 Å². The van der Waals surface area contributed by atoms with Crippen molar-refractivity contribution in [1.29, 1.82) is 5.26 Å². The van der Waals surface area contributed by atoms with Gasteiger partial charge in [-0.3, -0.25) is 0 Å². The Morgan fingerprint density at radius 1 is 1.47 bits per heavy atom. The molecule has 0 radical (unpaired) electrons. The van der Waals surface area contributed by atoms with Gasteiger partial charge in [0, 0.05) is 6.54 Å². The molecule has 0 saturated carbocycles. The van der Waals surface area contributed by atoms with Crippen LogP contribution in [0.15, 0.2) is 12.3 Å². The topological polar surface area (TPSA) is 36.3 Å². The highest BCUT2D eigenvalue weighted by molar-refractivity contribution is 5.05. The number of ether oxygens (including phenoxy) is 1. The number of hydrogen-bond acceptors (Lipinski definition) is 3. The van der Waals surface area contributed by atoms with Crippen LogP contribution in [0.2, 0.25) is 0 Å². The highest BCUT2D eigenvalue weighted by Gasteiger charge is 2.37. The quantitative estimate of drug-likeness (QED) is 0.658. The molecule has 0 aromatic carbocycles. The molecule has 3 aliphatic rings. The molecule has 3 heterocycles. The van der Waals surface area contributed by atoms with Crippen LogP contribution >= 0.6 is 0 Å². The molecular weight excluding hydrogens is 188 g/mol. The number of rotatable bonds is 3. The fourth-order valence-electron chi connectivity index (χ4n) is 2.86. The SMILES string of the molecule is CO/C=C\[C@H](C#N)C1CN2CCC1CC2. The molecule has 3 rings (SSSR count). The van der Waals surface area contributed by atoms with E-state index < -0.39 is 0 Å². The lowest BCUT2D eigenvalue weighted by molar-refractivity contribution is 0.0396. The number of piperidine rings is 3. The lowest BCUT2D eigenvalue weighted by atomic mass is 9.73. The van der Waals surface area contributed by atoms with Crippen LogP contribution in [-0.4, -0.2) is 31.6 Å². The first-order chi connectivity index (χ1) is 7.35. The van der Waals surface area contributed by atoms with Gasteiger partial charge in [0.05, 0.1) is 25.4 Å². The van der Waals surface area contributed by atoms with Gasteiger partial charge in [0.2, 0.25) is 0 Å². The van der Waals surface area contributed by atoms with Gasteiger partial charge in [-0.2, -0.15) is 5.26 Å². The molecule has 0 aromatic rings. The predicted octanol–water partition coefficient (Wildman–Crippen LogP) is 1.63. The van der Waals surface area contributed by atoms with Crippen molar-refractivity contribution < 1.29 is 4.74 Å². The van der Waals surface area contributed by atoms with E-state index in [0.29, 0.717) is 5.92 Å². The second kappa shape index (κ2) is 4.67. The van der Waals surface area contributed by atoms with Gasteiger partial charge >= 0.3 is 0 Å². The van der Waals surface area contributed by atoms with Crippen molar-refractivity contribution in [3.63, 3.8) is 0 Å². The first-order valence-corrected chi connectivity index (χ1v) is 5.66. The number of fused-ring (bicyclic) bond motifs is 3. The maximum atomic E-state index is 9.16. The van der Waals surface area contributed by atoms with Crippen molar-refractivity contribution in [2.45, 2.75) is 12.8 Å². The highest BCUT2D eigenvalue weighted by atomic mass is 16.5. The molecule has 3 nitrogen and oxygen atoms in total. The second-order valence-corrected chi connectivity index (χ2v) is 4.52. The van der Waals surface area contributed by atoms with Crippen LogP contribution in [0.3, 0.4) is 0 Å². The largest absolute Gasteiger partial charge is 0.505 e. The van der Waals surface area contributed by atoms with Gasteiger partial charge in [0.1, 0.15) is 0 Å². The van der Waals surface area contributed by atoms with E-state index in [2.05, 4.69) is 11.0 Å². The minimum atomic E-state index is 0.0260. The van der Waals surface area contributed by atoms with E-state index in [0.717, 1.165) is 12.5 Å².